The monoisotopic (exact) mass is 283 g/mol. The Morgan fingerprint density at radius 1 is 1.37 bits per heavy atom. The summed E-state index contributed by atoms with van der Waals surface area (Å²) in [4.78, 5) is 0. The van der Waals surface area contributed by atoms with Crippen molar-refractivity contribution in [3.63, 3.8) is 0 Å². The van der Waals surface area contributed by atoms with E-state index in [1.54, 1.807) is 18.2 Å². The molecule has 1 saturated heterocycles. The molecule has 0 saturated carbocycles. The van der Waals surface area contributed by atoms with Crippen LogP contribution in [0, 0.1) is 5.92 Å². The molecule has 106 valence electrons. The van der Waals surface area contributed by atoms with Crippen molar-refractivity contribution in [2.45, 2.75) is 51.4 Å². The molecule has 0 radical (unpaired) electrons. The minimum absolute atomic E-state index is 0.00553. The van der Waals surface area contributed by atoms with Crippen molar-refractivity contribution in [3.8, 4) is 0 Å². The first-order valence-electron chi connectivity index (χ1n) is 6.55. The van der Waals surface area contributed by atoms with E-state index in [0.717, 1.165) is 12.0 Å². The third kappa shape index (κ3) is 2.88. The van der Waals surface area contributed by atoms with Crippen LogP contribution in [0.3, 0.4) is 0 Å². The fourth-order valence-electron chi connectivity index (χ4n) is 3.13. The third-order valence-corrected chi connectivity index (χ3v) is 4.13. The summed E-state index contributed by atoms with van der Waals surface area (Å²) in [7, 11) is 0. The van der Waals surface area contributed by atoms with Gasteiger partial charge in [0.25, 0.3) is 0 Å². The second-order valence-corrected chi connectivity index (χ2v) is 6.93. The summed E-state index contributed by atoms with van der Waals surface area (Å²) in [6.07, 6.45) is 0.150. The van der Waals surface area contributed by atoms with E-state index in [-0.39, 0.29) is 17.1 Å². The molecule has 0 aromatic heterocycles. The number of aliphatic hydroxyl groups excluding tert-OH is 1. The Morgan fingerprint density at radius 3 is 2.47 bits per heavy atom. The van der Waals surface area contributed by atoms with Gasteiger partial charge in [-0.25, -0.2) is 0 Å². The highest BCUT2D eigenvalue weighted by Crippen LogP contribution is 2.48. The fraction of sp³-hybridized carbons (Fsp3) is 0.600. The summed E-state index contributed by atoms with van der Waals surface area (Å²) >= 11 is 5.90. The van der Waals surface area contributed by atoms with Gasteiger partial charge in [0.2, 0.25) is 0 Å². The number of ether oxygens (including phenoxy) is 1. The Labute approximate surface area is 119 Å². The summed E-state index contributed by atoms with van der Waals surface area (Å²) in [6.45, 7) is 8.13. The van der Waals surface area contributed by atoms with Gasteiger partial charge in [-0.3, -0.25) is 0 Å². The lowest BCUT2D eigenvalue weighted by Crippen LogP contribution is -2.32. The van der Waals surface area contributed by atoms with E-state index in [4.69, 9.17) is 22.1 Å². The van der Waals surface area contributed by atoms with Crippen LogP contribution in [0.4, 0.5) is 5.69 Å². The molecule has 0 aliphatic carbocycles. The molecular weight excluding hydrogens is 262 g/mol. The molecule has 0 amide bonds. The average molecular weight is 284 g/mol. The quantitative estimate of drug-likeness (QED) is 0.816. The maximum Gasteiger partial charge on any atom is 0.0866 e. The van der Waals surface area contributed by atoms with Crippen LogP contribution < -0.4 is 5.73 Å². The van der Waals surface area contributed by atoms with Crippen LogP contribution in [0.2, 0.25) is 5.02 Å². The van der Waals surface area contributed by atoms with Gasteiger partial charge < -0.3 is 15.6 Å². The Morgan fingerprint density at radius 2 is 2.00 bits per heavy atom. The molecule has 2 rings (SSSR count). The van der Waals surface area contributed by atoms with Crippen LogP contribution in [0.15, 0.2) is 18.2 Å². The number of rotatable bonds is 2. The van der Waals surface area contributed by atoms with Crippen LogP contribution in [0.5, 0.6) is 0 Å². The van der Waals surface area contributed by atoms with Crippen LogP contribution in [-0.2, 0) is 4.74 Å². The second-order valence-electron chi connectivity index (χ2n) is 6.49. The molecule has 1 fully saturated rings. The predicted octanol–water partition coefficient (Wildman–Crippen LogP) is 3.55. The largest absolute Gasteiger partial charge is 0.398 e. The first-order chi connectivity index (χ1) is 8.62. The number of anilines is 1. The molecule has 0 spiro atoms. The lowest BCUT2D eigenvalue weighted by atomic mass is 9.80. The fourth-order valence-corrected chi connectivity index (χ4v) is 3.31. The van der Waals surface area contributed by atoms with E-state index < -0.39 is 6.10 Å². The highest BCUT2D eigenvalue weighted by molar-refractivity contribution is 6.30. The number of nitrogens with two attached hydrogens (primary N) is 1. The van der Waals surface area contributed by atoms with E-state index in [0.29, 0.717) is 10.7 Å². The Kier molecular flexibility index (Phi) is 3.58. The van der Waals surface area contributed by atoms with Crippen molar-refractivity contribution in [2.24, 2.45) is 5.92 Å². The summed E-state index contributed by atoms with van der Waals surface area (Å²) in [6, 6.07) is 5.22. The predicted molar refractivity (Wildman–Crippen MR) is 78.2 cm³/mol. The van der Waals surface area contributed by atoms with Crippen molar-refractivity contribution in [1.82, 2.24) is 0 Å². The second kappa shape index (κ2) is 4.65. The number of nitrogen functional groups attached to an aromatic ring is 1. The van der Waals surface area contributed by atoms with Crippen molar-refractivity contribution in [2.75, 3.05) is 5.73 Å². The molecule has 3 nitrogen and oxygen atoms in total. The van der Waals surface area contributed by atoms with Crippen molar-refractivity contribution >= 4 is 17.3 Å². The zero-order valence-corrected chi connectivity index (χ0v) is 12.7. The first-order valence-corrected chi connectivity index (χ1v) is 6.93. The van der Waals surface area contributed by atoms with E-state index >= 15 is 0 Å². The molecular formula is C15H22ClNO2. The molecule has 2 atom stereocenters. The van der Waals surface area contributed by atoms with Crippen LogP contribution in [0.25, 0.3) is 0 Å². The molecule has 1 aliphatic heterocycles. The van der Waals surface area contributed by atoms with E-state index in [9.17, 15) is 5.11 Å². The lowest BCUT2D eigenvalue weighted by molar-refractivity contribution is -0.0879. The number of aliphatic hydroxyl groups is 1. The van der Waals surface area contributed by atoms with Crippen LogP contribution in [-0.4, -0.2) is 16.3 Å². The standard InChI is InChI=1S/C15H22ClNO2/c1-14(2)8-11(15(3,4)19-14)13(18)10-6-5-9(16)7-12(10)17/h5-7,11,13,18H,8,17H2,1-4H3. The molecule has 1 heterocycles. The van der Waals surface area contributed by atoms with Gasteiger partial charge in [-0.1, -0.05) is 17.7 Å². The maximum absolute atomic E-state index is 10.7. The van der Waals surface area contributed by atoms with Gasteiger partial charge >= 0.3 is 0 Å². The molecule has 19 heavy (non-hydrogen) atoms. The number of hydrogen-bond acceptors (Lipinski definition) is 3. The molecule has 1 aromatic rings. The Balaban J connectivity index is 2.31. The van der Waals surface area contributed by atoms with Crippen molar-refractivity contribution < 1.29 is 9.84 Å². The van der Waals surface area contributed by atoms with Crippen molar-refractivity contribution in [1.29, 1.82) is 0 Å². The molecule has 1 aliphatic rings. The van der Waals surface area contributed by atoms with E-state index in [2.05, 4.69) is 0 Å². The van der Waals surface area contributed by atoms with E-state index in [1.807, 2.05) is 27.7 Å². The average Bonchev–Trinajstić information content (AvgIpc) is 2.45. The molecule has 4 heteroatoms. The smallest absolute Gasteiger partial charge is 0.0866 e. The molecule has 3 N–H and O–H groups in total. The lowest BCUT2D eigenvalue weighted by Gasteiger charge is -2.31. The third-order valence-electron chi connectivity index (χ3n) is 3.89. The molecule has 1 aromatic carbocycles. The zero-order chi connectivity index (χ0) is 14.4. The highest BCUT2D eigenvalue weighted by Gasteiger charge is 2.49. The van der Waals surface area contributed by atoms with E-state index in [1.165, 1.54) is 0 Å². The summed E-state index contributed by atoms with van der Waals surface area (Å²) in [5.41, 5.74) is 6.61. The van der Waals surface area contributed by atoms with Gasteiger partial charge in [0, 0.05) is 22.2 Å². The van der Waals surface area contributed by atoms with Gasteiger partial charge in [-0.2, -0.15) is 0 Å². The minimum atomic E-state index is -0.644. The SMILES string of the molecule is CC1(C)CC(C(O)c2ccc(Cl)cc2N)C(C)(C)O1. The van der Waals surface area contributed by atoms with Gasteiger partial charge in [0.05, 0.1) is 17.3 Å². The first kappa shape index (κ1) is 14.6. The summed E-state index contributed by atoms with van der Waals surface area (Å²) < 4.78 is 6.03. The number of benzene rings is 1. The van der Waals surface area contributed by atoms with Crippen LogP contribution >= 0.6 is 11.6 Å². The summed E-state index contributed by atoms with van der Waals surface area (Å²) in [5, 5.41) is 11.2. The van der Waals surface area contributed by atoms with Gasteiger partial charge in [0.1, 0.15) is 0 Å². The molecule has 2 unspecified atom stereocenters. The highest BCUT2D eigenvalue weighted by atomic mass is 35.5. The normalized spacial score (nSPS) is 26.3. The number of halogens is 1. The van der Waals surface area contributed by atoms with Gasteiger partial charge in [0.15, 0.2) is 0 Å². The summed E-state index contributed by atoms with van der Waals surface area (Å²) in [5.74, 6) is 0.00553. The maximum atomic E-state index is 10.7. The molecule has 0 bridgehead atoms. The van der Waals surface area contributed by atoms with Crippen molar-refractivity contribution in [3.05, 3.63) is 28.8 Å². The van der Waals surface area contributed by atoms with Gasteiger partial charge in [-0.15, -0.1) is 0 Å². The Bertz CT molecular complexity index is 485. The topological polar surface area (TPSA) is 55.5 Å². The minimum Gasteiger partial charge on any atom is -0.398 e. The Hall–Kier alpha value is -0.770. The zero-order valence-electron chi connectivity index (χ0n) is 11.9. The van der Waals surface area contributed by atoms with Gasteiger partial charge in [-0.05, 0) is 46.2 Å². The number of hydrogen-bond donors (Lipinski definition) is 2. The van der Waals surface area contributed by atoms with Crippen LogP contribution in [0.1, 0.15) is 45.8 Å².